The first-order chi connectivity index (χ1) is 16.5. The number of rotatable bonds is 12. The van der Waals surface area contributed by atoms with E-state index in [0.29, 0.717) is 18.9 Å². The van der Waals surface area contributed by atoms with Gasteiger partial charge in [0.2, 0.25) is 21.8 Å². The lowest BCUT2D eigenvalue weighted by Gasteiger charge is -2.32. The fourth-order valence-corrected chi connectivity index (χ4v) is 4.39. The van der Waals surface area contributed by atoms with E-state index in [1.165, 1.54) is 4.90 Å². The number of para-hydroxylation sites is 2. The van der Waals surface area contributed by atoms with Gasteiger partial charge in [0.1, 0.15) is 18.3 Å². The van der Waals surface area contributed by atoms with Gasteiger partial charge in [-0.05, 0) is 49.9 Å². The second kappa shape index (κ2) is 12.6. The molecule has 0 heterocycles. The van der Waals surface area contributed by atoms with Crippen molar-refractivity contribution in [3.63, 3.8) is 0 Å². The van der Waals surface area contributed by atoms with Gasteiger partial charge in [0, 0.05) is 13.1 Å². The summed E-state index contributed by atoms with van der Waals surface area (Å²) in [7, 11) is -3.83. The van der Waals surface area contributed by atoms with Crippen LogP contribution < -0.4 is 14.4 Å². The zero-order valence-electron chi connectivity index (χ0n) is 21.4. The van der Waals surface area contributed by atoms with Crippen LogP contribution in [0.1, 0.15) is 38.8 Å². The van der Waals surface area contributed by atoms with Crippen LogP contribution in [0.4, 0.5) is 5.69 Å². The van der Waals surface area contributed by atoms with Crippen molar-refractivity contribution in [2.24, 2.45) is 5.92 Å². The Morgan fingerprint density at radius 3 is 2.26 bits per heavy atom. The molecule has 2 aromatic rings. The number of nitrogens with one attached hydrogen (secondary N) is 1. The monoisotopic (exact) mass is 503 g/mol. The van der Waals surface area contributed by atoms with Crippen molar-refractivity contribution >= 4 is 27.5 Å². The Morgan fingerprint density at radius 2 is 1.66 bits per heavy atom. The number of sulfonamides is 1. The normalized spacial score (nSPS) is 12.2. The van der Waals surface area contributed by atoms with Crippen LogP contribution in [0.15, 0.2) is 48.5 Å². The zero-order chi connectivity index (χ0) is 26.2. The van der Waals surface area contributed by atoms with Crippen LogP contribution in [0.5, 0.6) is 5.75 Å². The van der Waals surface area contributed by atoms with Crippen LogP contribution in [-0.4, -0.2) is 57.1 Å². The topological polar surface area (TPSA) is 96.0 Å². The molecule has 9 heteroatoms. The number of aryl methyl sites for hydroxylation is 1. The largest absolute Gasteiger partial charge is 0.492 e. The Kier molecular flexibility index (Phi) is 10.1. The molecule has 0 aliphatic heterocycles. The number of benzene rings is 2. The number of hydrogen-bond donors (Lipinski definition) is 1. The van der Waals surface area contributed by atoms with Gasteiger partial charge in [-0.15, -0.1) is 0 Å². The van der Waals surface area contributed by atoms with E-state index in [2.05, 4.69) is 5.32 Å². The first kappa shape index (κ1) is 28.2. The molecule has 0 aromatic heterocycles. The number of anilines is 1. The Bertz CT molecular complexity index is 1120. The molecule has 0 bridgehead atoms. The summed E-state index contributed by atoms with van der Waals surface area (Å²) >= 11 is 0. The molecule has 0 unspecified atom stereocenters. The van der Waals surface area contributed by atoms with Gasteiger partial charge >= 0.3 is 0 Å². The molecule has 1 N–H and O–H groups in total. The molecule has 0 radical (unpaired) electrons. The smallest absolute Gasteiger partial charge is 0.244 e. The van der Waals surface area contributed by atoms with E-state index in [-0.39, 0.29) is 24.1 Å². The average molecular weight is 504 g/mol. The lowest BCUT2D eigenvalue weighted by molar-refractivity contribution is -0.139. The van der Waals surface area contributed by atoms with Crippen molar-refractivity contribution in [1.29, 1.82) is 0 Å². The van der Waals surface area contributed by atoms with Gasteiger partial charge in [-0.25, -0.2) is 8.42 Å². The van der Waals surface area contributed by atoms with Crippen LogP contribution in [0.2, 0.25) is 0 Å². The van der Waals surface area contributed by atoms with Crippen LogP contribution in [-0.2, 0) is 26.2 Å². The molecular formula is C26H37N3O5S. The molecule has 0 aliphatic rings. The molecule has 0 saturated heterocycles. The zero-order valence-corrected chi connectivity index (χ0v) is 22.3. The Balaban J connectivity index is 2.43. The van der Waals surface area contributed by atoms with E-state index < -0.39 is 28.5 Å². The van der Waals surface area contributed by atoms with Gasteiger partial charge in [0.25, 0.3) is 0 Å². The van der Waals surface area contributed by atoms with Gasteiger partial charge in [0.05, 0.1) is 18.6 Å². The third-order valence-corrected chi connectivity index (χ3v) is 6.69. The summed E-state index contributed by atoms with van der Waals surface area (Å²) in [5.74, 6) is -0.165. The maximum atomic E-state index is 13.6. The third kappa shape index (κ3) is 7.99. The van der Waals surface area contributed by atoms with Crippen molar-refractivity contribution < 1.29 is 22.7 Å². The highest BCUT2D eigenvalue weighted by atomic mass is 32.2. The molecule has 2 amide bonds. The molecule has 2 rings (SSSR count). The summed E-state index contributed by atoms with van der Waals surface area (Å²) in [6, 6.07) is 13.5. The van der Waals surface area contributed by atoms with Crippen LogP contribution in [0.3, 0.4) is 0 Å². The fraction of sp³-hybridized carbons (Fsp3) is 0.462. The third-order valence-electron chi connectivity index (χ3n) is 5.57. The highest BCUT2D eigenvalue weighted by Crippen LogP contribution is 2.30. The molecular weight excluding hydrogens is 466 g/mol. The molecule has 0 saturated carbocycles. The van der Waals surface area contributed by atoms with E-state index in [1.54, 1.807) is 38.1 Å². The molecule has 0 spiro atoms. The van der Waals surface area contributed by atoms with Gasteiger partial charge in [-0.3, -0.25) is 13.9 Å². The standard InChI is InChI=1S/C26H37N3O5S/c1-7-34-24-15-11-10-14-23(24)29(35(6,32)33)18-25(30)28(17-22-13-9-8-12-20(22)4)21(5)26(31)27-16-19(2)3/h8-15,19,21H,7,16-18H2,1-6H3,(H,27,31)/t21-/m1/s1. The number of hydrogen-bond acceptors (Lipinski definition) is 5. The number of amides is 2. The van der Waals surface area contributed by atoms with Crippen molar-refractivity contribution in [2.75, 3.05) is 30.3 Å². The highest BCUT2D eigenvalue weighted by molar-refractivity contribution is 7.92. The summed E-state index contributed by atoms with van der Waals surface area (Å²) in [6.45, 7) is 9.90. The minimum absolute atomic E-state index is 0.173. The number of carbonyl (C=O) groups is 2. The fourth-order valence-electron chi connectivity index (χ4n) is 3.54. The predicted octanol–water partition coefficient (Wildman–Crippen LogP) is 3.35. The molecule has 192 valence electrons. The van der Waals surface area contributed by atoms with Gasteiger partial charge in [0.15, 0.2) is 0 Å². The first-order valence-corrected chi connectivity index (χ1v) is 13.6. The molecule has 0 fully saturated rings. The Labute approximate surface area is 209 Å². The van der Waals surface area contributed by atoms with E-state index in [9.17, 15) is 18.0 Å². The summed E-state index contributed by atoms with van der Waals surface area (Å²) in [4.78, 5) is 28.0. The lowest BCUT2D eigenvalue weighted by Crippen LogP contribution is -2.51. The van der Waals surface area contributed by atoms with Crippen molar-refractivity contribution in [2.45, 2.75) is 47.2 Å². The molecule has 35 heavy (non-hydrogen) atoms. The number of carbonyl (C=O) groups excluding carboxylic acids is 2. The minimum Gasteiger partial charge on any atom is -0.492 e. The molecule has 0 aliphatic carbocycles. The van der Waals surface area contributed by atoms with E-state index in [1.807, 2.05) is 45.0 Å². The summed E-state index contributed by atoms with van der Waals surface area (Å²) in [5.41, 5.74) is 2.13. The lowest BCUT2D eigenvalue weighted by atomic mass is 10.1. The van der Waals surface area contributed by atoms with Gasteiger partial charge in [-0.1, -0.05) is 50.2 Å². The second-order valence-corrected chi connectivity index (χ2v) is 10.8. The number of nitrogens with zero attached hydrogens (tertiary/aromatic N) is 2. The Hall–Kier alpha value is -3.07. The molecule has 1 atom stereocenters. The summed E-state index contributed by atoms with van der Waals surface area (Å²) in [5, 5.41) is 2.87. The summed E-state index contributed by atoms with van der Waals surface area (Å²) in [6.07, 6.45) is 1.05. The molecule has 2 aromatic carbocycles. The maximum Gasteiger partial charge on any atom is 0.244 e. The average Bonchev–Trinajstić information content (AvgIpc) is 2.80. The minimum atomic E-state index is -3.83. The van der Waals surface area contributed by atoms with Crippen molar-refractivity contribution in [3.05, 3.63) is 59.7 Å². The van der Waals surface area contributed by atoms with E-state index in [0.717, 1.165) is 21.7 Å². The quantitative estimate of drug-likeness (QED) is 0.479. The van der Waals surface area contributed by atoms with Crippen LogP contribution >= 0.6 is 0 Å². The van der Waals surface area contributed by atoms with Gasteiger partial charge in [-0.2, -0.15) is 0 Å². The van der Waals surface area contributed by atoms with Gasteiger partial charge < -0.3 is 15.0 Å². The second-order valence-electron chi connectivity index (χ2n) is 8.93. The molecule has 8 nitrogen and oxygen atoms in total. The van der Waals surface area contributed by atoms with E-state index >= 15 is 0 Å². The van der Waals surface area contributed by atoms with Crippen LogP contribution in [0, 0.1) is 12.8 Å². The predicted molar refractivity (Wildman–Crippen MR) is 139 cm³/mol. The van der Waals surface area contributed by atoms with E-state index in [4.69, 9.17) is 4.74 Å². The first-order valence-electron chi connectivity index (χ1n) is 11.8. The van der Waals surface area contributed by atoms with Crippen LogP contribution in [0.25, 0.3) is 0 Å². The highest BCUT2D eigenvalue weighted by Gasteiger charge is 2.31. The SMILES string of the molecule is CCOc1ccccc1N(CC(=O)N(Cc1ccccc1C)[C@H](C)C(=O)NCC(C)C)S(C)(=O)=O. The number of ether oxygens (including phenoxy) is 1. The maximum absolute atomic E-state index is 13.6. The Morgan fingerprint density at radius 1 is 1.03 bits per heavy atom. The summed E-state index contributed by atoms with van der Waals surface area (Å²) < 4.78 is 32.2. The van der Waals surface area contributed by atoms with Crippen molar-refractivity contribution in [3.8, 4) is 5.75 Å². The van der Waals surface area contributed by atoms with Crippen molar-refractivity contribution in [1.82, 2.24) is 10.2 Å².